The second-order valence-corrected chi connectivity index (χ2v) is 8.31. The van der Waals surface area contributed by atoms with Crippen molar-refractivity contribution >= 4 is 39.1 Å². The smallest absolute Gasteiger partial charge is 0.295 e. The highest BCUT2D eigenvalue weighted by molar-refractivity contribution is 9.10. The number of aromatic nitrogens is 2. The number of halogens is 1. The van der Waals surface area contributed by atoms with Gasteiger partial charge in [0, 0.05) is 47.5 Å². The number of aliphatic hydroxyl groups is 1. The molecule has 10 heteroatoms. The molecule has 0 spiro atoms. The molecule has 1 atom stereocenters. The summed E-state index contributed by atoms with van der Waals surface area (Å²) in [5.41, 5.74) is 0.662. The Hall–Kier alpha value is -3.79. The summed E-state index contributed by atoms with van der Waals surface area (Å²) in [6.07, 6.45) is 4.50. The van der Waals surface area contributed by atoms with Crippen molar-refractivity contribution in [2.75, 3.05) is 6.54 Å². The number of carbonyl (C=O) groups is 2. The maximum atomic E-state index is 13.0. The number of nitrogens with zero attached hydrogens (tertiary/aromatic N) is 3. The Morgan fingerprint density at radius 1 is 1.18 bits per heavy atom. The van der Waals surface area contributed by atoms with Crippen LogP contribution in [0.5, 0.6) is 0 Å². The van der Waals surface area contributed by atoms with E-state index in [9.17, 15) is 24.8 Å². The van der Waals surface area contributed by atoms with Gasteiger partial charge in [0.15, 0.2) is 0 Å². The van der Waals surface area contributed by atoms with Crippen molar-refractivity contribution in [3.63, 3.8) is 0 Å². The second kappa shape index (κ2) is 9.37. The van der Waals surface area contributed by atoms with E-state index in [-0.39, 0.29) is 29.1 Å². The van der Waals surface area contributed by atoms with E-state index < -0.39 is 22.7 Å². The summed E-state index contributed by atoms with van der Waals surface area (Å²) in [7, 11) is 0. The van der Waals surface area contributed by atoms with Crippen LogP contribution in [0, 0.1) is 10.1 Å². The lowest BCUT2D eigenvalue weighted by Crippen LogP contribution is -2.31. The lowest BCUT2D eigenvalue weighted by molar-refractivity contribution is -0.384. The molecule has 1 aromatic heterocycles. The van der Waals surface area contributed by atoms with E-state index in [4.69, 9.17) is 0 Å². The minimum Gasteiger partial charge on any atom is -0.507 e. The van der Waals surface area contributed by atoms with E-state index in [2.05, 4.69) is 25.9 Å². The molecule has 4 rings (SSSR count). The van der Waals surface area contributed by atoms with Crippen molar-refractivity contribution in [1.29, 1.82) is 0 Å². The van der Waals surface area contributed by atoms with E-state index in [0.29, 0.717) is 22.9 Å². The molecule has 0 radical (unpaired) electrons. The first-order valence-electron chi connectivity index (χ1n) is 10.1. The Morgan fingerprint density at radius 3 is 2.55 bits per heavy atom. The van der Waals surface area contributed by atoms with Crippen LogP contribution >= 0.6 is 15.9 Å². The van der Waals surface area contributed by atoms with Crippen molar-refractivity contribution in [3.05, 3.63) is 98.0 Å². The number of carbonyl (C=O) groups excluding carboxylic acids is 2. The van der Waals surface area contributed by atoms with Crippen LogP contribution in [-0.4, -0.2) is 43.1 Å². The fourth-order valence-electron chi connectivity index (χ4n) is 3.88. The highest BCUT2D eigenvalue weighted by Gasteiger charge is 2.46. The van der Waals surface area contributed by atoms with Crippen LogP contribution < -0.4 is 0 Å². The summed E-state index contributed by atoms with van der Waals surface area (Å²) in [5.74, 6) is -1.12. The molecule has 9 nitrogen and oxygen atoms in total. The van der Waals surface area contributed by atoms with Gasteiger partial charge in [0.1, 0.15) is 11.6 Å². The van der Waals surface area contributed by atoms with Crippen LogP contribution in [0.2, 0.25) is 0 Å². The summed E-state index contributed by atoms with van der Waals surface area (Å²) < 4.78 is 0.683. The molecule has 168 valence electrons. The molecular formula is C23H19BrN4O5. The summed E-state index contributed by atoms with van der Waals surface area (Å²) in [6.45, 7) is 0.272. The summed E-state index contributed by atoms with van der Waals surface area (Å²) >= 11 is 3.49. The third kappa shape index (κ3) is 4.42. The molecule has 1 aliphatic heterocycles. The maximum absolute atomic E-state index is 13.0. The number of benzene rings is 2. The molecule has 2 N–H and O–H groups in total. The van der Waals surface area contributed by atoms with Crippen LogP contribution in [0.1, 0.15) is 29.4 Å². The quantitative estimate of drug-likeness (QED) is 0.161. The Kier molecular flexibility index (Phi) is 6.36. The minimum atomic E-state index is -0.813. The number of aliphatic hydroxyl groups excluding tert-OH is 1. The van der Waals surface area contributed by atoms with E-state index in [1.54, 1.807) is 30.6 Å². The number of rotatable bonds is 7. The molecule has 1 fully saturated rings. The lowest BCUT2D eigenvalue weighted by atomic mass is 9.95. The number of hydrogen-bond donors (Lipinski definition) is 2. The number of imidazole rings is 1. The van der Waals surface area contributed by atoms with Crippen molar-refractivity contribution < 1.29 is 19.6 Å². The number of amides is 1. The van der Waals surface area contributed by atoms with Crippen LogP contribution in [0.3, 0.4) is 0 Å². The monoisotopic (exact) mass is 510 g/mol. The van der Waals surface area contributed by atoms with Crippen LogP contribution in [0.25, 0.3) is 5.76 Å². The van der Waals surface area contributed by atoms with Gasteiger partial charge in [-0.25, -0.2) is 4.98 Å². The van der Waals surface area contributed by atoms with E-state index in [0.717, 1.165) is 5.82 Å². The highest BCUT2D eigenvalue weighted by atomic mass is 79.9. The Balaban J connectivity index is 1.74. The largest absolute Gasteiger partial charge is 0.507 e. The van der Waals surface area contributed by atoms with Crippen molar-refractivity contribution in [2.24, 2.45) is 0 Å². The molecule has 3 aromatic rings. The number of nitrogens with one attached hydrogen (secondary N) is 1. The van der Waals surface area contributed by atoms with Crippen molar-refractivity contribution in [3.8, 4) is 0 Å². The van der Waals surface area contributed by atoms with E-state index in [1.807, 2.05) is 6.07 Å². The van der Waals surface area contributed by atoms with Gasteiger partial charge in [-0.15, -0.1) is 0 Å². The zero-order valence-corrected chi connectivity index (χ0v) is 18.9. The molecule has 2 heterocycles. The van der Waals surface area contributed by atoms with Gasteiger partial charge in [-0.05, 0) is 30.2 Å². The highest BCUT2D eigenvalue weighted by Crippen LogP contribution is 2.42. The Bertz CT molecular complexity index is 1240. The third-order valence-electron chi connectivity index (χ3n) is 5.46. The Morgan fingerprint density at radius 2 is 1.91 bits per heavy atom. The molecule has 1 aliphatic rings. The zero-order chi connectivity index (χ0) is 23.5. The summed E-state index contributed by atoms with van der Waals surface area (Å²) in [4.78, 5) is 45.1. The SMILES string of the molecule is O=C1C(=O)N(CCCc2ncc[nH]2)C(c2ccccc2Br)/C1=C(\O)c1ccc([N+](=O)[O-])cc1. The minimum absolute atomic E-state index is 0.0567. The van der Waals surface area contributed by atoms with Crippen LogP contribution in [0.15, 0.2) is 71.0 Å². The number of nitro groups is 1. The van der Waals surface area contributed by atoms with Crippen LogP contribution in [0.4, 0.5) is 5.69 Å². The maximum Gasteiger partial charge on any atom is 0.295 e. The average Bonchev–Trinajstić information content (AvgIpc) is 3.41. The van der Waals surface area contributed by atoms with Crippen molar-refractivity contribution in [2.45, 2.75) is 18.9 Å². The Labute approximate surface area is 197 Å². The van der Waals surface area contributed by atoms with Gasteiger partial charge < -0.3 is 15.0 Å². The second-order valence-electron chi connectivity index (χ2n) is 7.46. The predicted octanol–water partition coefficient (Wildman–Crippen LogP) is 4.13. The molecule has 0 aliphatic carbocycles. The first-order chi connectivity index (χ1) is 15.9. The number of likely N-dealkylation sites (tertiary alicyclic amines) is 1. The fourth-order valence-corrected chi connectivity index (χ4v) is 4.38. The molecule has 1 amide bonds. The number of ketones is 1. The molecule has 0 bridgehead atoms. The third-order valence-corrected chi connectivity index (χ3v) is 6.18. The van der Waals surface area contributed by atoms with E-state index in [1.165, 1.54) is 29.2 Å². The summed E-state index contributed by atoms with van der Waals surface area (Å²) in [5, 5.41) is 22.0. The van der Waals surface area contributed by atoms with Crippen molar-refractivity contribution in [1.82, 2.24) is 14.9 Å². The van der Waals surface area contributed by atoms with Gasteiger partial charge in [-0.3, -0.25) is 19.7 Å². The molecule has 2 aromatic carbocycles. The average molecular weight is 511 g/mol. The zero-order valence-electron chi connectivity index (χ0n) is 17.3. The number of Topliss-reactive ketones (excluding diaryl/α,β-unsaturated/α-hetero) is 1. The molecular weight excluding hydrogens is 492 g/mol. The molecule has 1 unspecified atom stereocenters. The first-order valence-corrected chi connectivity index (χ1v) is 10.9. The van der Waals surface area contributed by atoms with Gasteiger partial charge in [0.25, 0.3) is 17.4 Å². The summed E-state index contributed by atoms with van der Waals surface area (Å²) in [6, 6.07) is 11.6. The molecule has 0 saturated carbocycles. The number of H-pyrrole nitrogens is 1. The number of hydrogen-bond acceptors (Lipinski definition) is 6. The lowest BCUT2D eigenvalue weighted by Gasteiger charge is -2.26. The van der Waals surface area contributed by atoms with E-state index >= 15 is 0 Å². The van der Waals surface area contributed by atoms with Gasteiger partial charge in [-0.2, -0.15) is 0 Å². The van der Waals surface area contributed by atoms with Gasteiger partial charge in [-0.1, -0.05) is 34.1 Å². The number of aromatic amines is 1. The number of non-ortho nitro benzene ring substituents is 1. The standard InChI is InChI=1S/C23H19BrN4O5/c24-17-5-2-1-4-16(17)20-19(21(29)14-7-9-15(10-8-14)28(32)33)22(30)23(31)27(20)13-3-6-18-25-11-12-26-18/h1-2,4-5,7-12,20,29H,3,6,13H2,(H,25,26)/b21-19+. The predicted molar refractivity (Wildman–Crippen MR) is 123 cm³/mol. The first kappa shape index (κ1) is 22.4. The number of aryl methyl sites for hydroxylation is 1. The van der Waals surface area contributed by atoms with Crippen LogP contribution in [-0.2, 0) is 16.0 Å². The van der Waals surface area contributed by atoms with Gasteiger partial charge in [0.2, 0.25) is 0 Å². The van der Waals surface area contributed by atoms with Gasteiger partial charge >= 0.3 is 0 Å². The molecule has 1 saturated heterocycles. The fraction of sp³-hybridized carbons (Fsp3) is 0.174. The number of nitro benzene ring substituents is 1. The molecule has 33 heavy (non-hydrogen) atoms. The van der Waals surface area contributed by atoms with Gasteiger partial charge in [0.05, 0.1) is 16.5 Å². The normalized spacial score (nSPS) is 17.5. The topological polar surface area (TPSA) is 129 Å².